The Hall–Kier alpha value is -2.15. The summed E-state index contributed by atoms with van der Waals surface area (Å²) in [5, 5.41) is 5.57. The number of carbonyl (C=O) groups excluding carboxylic acids is 1. The molecule has 0 saturated heterocycles. The second-order valence-corrected chi connectivity index (χ2v) is 3.99. The van der Waals surface area contributed by atoms with Gasteiger partial charge >= 0.3 is 0 Å². The molecular formula is C12H19N5O2. The number of hydrogen-bond acceptors (Lipinski definition) is 4. The Kier molecular flexibility index (Phi) is 6.31. The number of anilines is 1. The number of nitrogens with zero attached hydrogens (tertiary/aromatic N) is 2. The molecule has 1 unspecified atom stereocenters. The third kappa shape index (κ3) is 6.37. The van der Waals surface area contributed by atoms with Gasteiger partial charge in [0, 0.05) is 19.3 Å². The number of guanidine groups is 1. The highest BCUT2D eigenvalue weighted by atomic mass is 16.5. The van der Waals surface area contributed by atoms with Gasteiger partial charge < -0.3 is 21.1 Å². The minimum atomic E-state index is -0.253. The molecule has 7 nitrogen and oxygen atoms in total. The number of hydrogen-bond donors (Lipinski definition) is 3. The summed E-state index contributed by atoms with van der Waals surface area (Å²) >= 11 is 0. The third-order valence-electron chi connectivity index (χ3n) is 2.15. The summed E-state index contributed by atoms with van der Waals surface area (Å²) in [5.74, 6) is -0.0389. The number of ether oxygens (including phenoxy) is 1. The summed E-state index contributed by atoms with van der Waals surface area (Å²) in [4.78, 5) is 19.4. The van der Waals surface area contributed by atoms with Crippen molar-refractivity contribution in [1.29, 1.82) is 0 Å². The summed E-state index contributed by atoms with van der Waals surface area (Å²) in [5.41, 5.74) is 6.26. The summed E-state index contributed by atoms with van der Waals surface area (Å²) in [6, 6.07) is 3.52. The molecule has 1 rings (SSSR count). The van der Waals surface area contributed by atoms with Gasteiger partial charge in [0.2, 0.25) is 5.91 Å². The van der Waals surface area contributed by atoms with Crippen molar-refractivity contribution in [2.75, 3.05) is 25.6 Å². The second kappa shape index (κ2) is 8.04. The second-order valence-electron chi connectivity index (χ2n) is 3.99. The number of amides is 1. The zero-order valence-corrected chi connectivity index (χ0v) is 11.1. The Morgan fingerprint density at radius 1 is 1.63 bits per heavy atom. The van der Waals surface area contributed by atoms with Crippen LogP contribution in [-0.4, -0.2) is 43.2 Å². The molecule has 0 aliphatic rings. The fraction of sp³-hybridized carbons (Fsp3) is 0.417. The molecule has 7 heteroatoms. The predicted octanol–water partition coefficient (Wildman–Crippen LogP) is -0.0407. The maximum Gasteiger partial charge on any atom is 0.246 e. The number of aliphatic imine (C=N–C) groups is 1. The molecule has 0 spiro atoms. The lowest BCUT2D eigenvalue weighted by atomic mass is 10.4. The monoisotopic (exact) mass is 265 g/mol. The van der Waals surface area contributed by atoms with Gasteiger partial charge in [0.15, 0.2) is 5.96 Å². The van der Waals surface area contributed by atoms with Crippen molar-refractivity contribution in [2.45, 2.75) is 13.0 Å². The maximum atomic E-state index is 11.6. The highest BCUT2D eigenvalue weighted by Crippen LogP contribution is 2.01. The number of carbonyl (C=O) groups is 1. The first kappa shape index (κ1) is 14.9. The van der Waals surface area contributed by atoms with Crippen LogP contribution in [0.25, 0.3) is 0 Å². The van der Waals surface area contributed by atoms with Crippen molar-refractivity contribution in [2.24, 2.45) is 10.7 Å². The minimum absolute atomic E-state index is 0.0372. The van der Waals surface area contributed by atoms with E-state index in [1.54, 1.807) is 31.6 Å². The van der Waals surface area contributed by atoms with E-state index in [0.29, 0.717) is 12.3 Å². The summed E-state index contributed by atoms with van der Waals surface area (Å²) in [6.45, 7) is 2.37. The molecular weight excluding hydrogens is 246 g/mol. The molecule has 1 heterocycles. The van der Waals surface area contributed by atoms with Gasteiger partial charge in [0.1, 0.15) is 6.54 Å². The lowest BCUT2D eigenvalue weighted by molar-refractivity contribution is -0.114. The van der Waals surface area contributed by atoms with E-state index in [1.165, 1.54) is 0 Å². The average Bonchev–Trinajstić information content (AvgIpc) is 2.38. The van der Waals surface area contributed by atoms with Crippen LogP contribution in [0.4, 0.5) is 5.69 Å². The van der Waals surface area contributed by atoms with Crippen LogP contribution in [0.3, 0.4) is 0 Å². The van der Waals surface area contributed by atoms with Gasteiger partial charge in [-0.25, -0.2) is 4.99 Å². The largest absolute Gasteiger partial charge is 0.383 e. The molecule has 1 aromatic rings. The van der Waals surface area contributed by atoms with E-state index in [2.05, 4.69) is 20.6 Å². The van der Waals surface area contributed by atoms with Crippen LogP contribution in [0.1, 0.15) is 6.92 Å². The molecule has 1 atom stereocenters. The van der Waals surface area contributed by atoms with E-state index in [4.69, 9.17) is 10.5 Å². The van der Waals surface area contributed by atoms with Crippen molar-refractivity contribution in [3.8, 4) is 0 Å². The fourth-order valence-electron chi connectivity index (χ4n) is 1.38. The third-order valence-corrected chi connectivity index (χ3v) is 2.15. The molecule has 0 aliphatic heterocycles. The molecule has 104 valence electrons. The van der Waals surface area contributed by atoms with E-state index in [1.807, 2.05) is 6.92 Å². The van der Waals surface area contributed by atoms with Gasteiger partial charge in [0.05, 0.1) is 18.5 Å². The van der Waals surface area contributed by atoms with Gasteiger partial charge in [-0.2, -0.15) is 0 Å². The molecule has 1 aromatic heterocycles. The van der Waals surface area contributed by atoms with Crippen molar-refractivity contribution in [3.05, 3.63) is 24.5 Å². The molecule has 0 aliphatic carbocycles. The lowest BCUT2D eigenvalue weighted by Gasteiger charge is -2.12. The first-order valence-electron chi connectivity index (χ1n) is 5.87. The highest BCUT2D eigenvalue weighted by Gasteiger charge is 2.04. The zero-order chi connectivity index (χ0) is 14.1. The molecule has 0 bridgehead atoms. The van der Waals surface area contributed by atoms with Crippen molar-refractivity contribution in [1.82, 2.24) is 10.3 Å². The fourth-order valence-corrected chi connectivity index (χ4v) is 1.38. The minimum Gasteiger partial charge on any atom is -0.383 e. The Morgan fingerprint density at radius 3 is 3.05 bits per heavy atom. The molecule has 0 radical (unpaired) electrons. The van der Waals surface area contributed by atoms with Crippen LogP contribution in [0, 0.1) is 0 Å². The normalized spacial score (nSPS) is 12.8. The summed E-state index contributed by atoms with van der Waals surface area (Å²) < 4.78 is 4.95. The van der Waals surface area contributed by atoms with Gasteiger partial charge in [0.25, 0.3) is 0 Å². The summed E-state index contributed by atoms with van der Waals surface area (Å²) in [6.07, 6.45) is 3.19. The van der Waals surface area contributed by atoms with E-state index in [0.717, 1.165) is 0 Å². The number of rotatable bonds is 6. The SMILES string of the molecule is COCC(C)NC(N)=NCC(=O)Nc1cccnc1. The smallest absolute Gasteiger partial charge is 0.246 e. The number of pyridine rings is 1. The Morgan fingerprint density at radius 2 is 2.42 bits per heavy atom. The number of aromatic nitrogens is 1. The molecule has 0 aromatic carbocycles. The molecule has 0 saturated carbocycles. The van der Waals surface area contributed by atoms with E-state index < -0.39 is 0 Å². The van der Waals surface area contributed by atoms with Crippen LogP contribution in [0.5, 0.6) is 0 Å². The predicted molar refractivity (Wildman–Crippen MR) is 73.8 cm³/mol. The average molecular weight is 265 g/mol. The quantitative estimate of drug-likeness (QED) is 0.495. The van der Waals surface area contributed by atoms with Gasteiger partial charge in [-0.05, 0) is 19.1 Å². The molecule has 4 N–H and O–H groups in total. The molecule has 19 heavy (non-hydrogen) atoms. The molecule has 0 fully saturated rings. The van der Waals surface area contributed by atoms with Crippen LogP contribution < -0.4 is 16.4 Å². The number of methoxy groups -OCH3 is 1. The number of nitrogens with one attached hydrogen (secondary N) is 2. The van der Waals surface area contributed by atoms with Crippen LogP contribution in [-0.2, 0) is 9.53 Å². The van der Waals surface area contributed by atoms with Crippen molar-refractivity contribution >= 4 is 17.6 Å². The summed E-state index contributed by atoms with van der Waals surface area (Å²) in [7, 11) is 1.60. The van der Waals surface area contributed by atoms with Crippen LogP contribution >= 0.6 is 0 Å². The standard InChI is InChI=1S/C12H19N5O2/c1-9(8-19-2)16-12(13)15-7-11(18)17-10-4-3-5-14-6-10/h3-6,9H,7-8H2,1-2H3,(H,17,18)(H3,13,15,16). The van der Waals surface area contributed by atoms with E-state index >= 15 is 0 Å². The van der Waals surface area contributed by atoms with Crippen molar-refractivity contribution in [3.63, 3.8) is 0 Å². The first-order valence-corrected chi connectivity index (χ1v) is 5.87. The maximum absolute atomic E-state index is 11.6. The van der Waals surface area contributed by atoms with E-state index in [9.17, 15) is 4.79 Å². The van der Waals surface area contributed by atoms with Gasteiger partial charge in [-0.1, -0.05) is 0 Å². The topological polar surface area (TPSA) is 102 Å². The van der Waals surface area contributed by atoms with Crippen molar-refractivity contribution < 1.29 is 9.53 Å². The Balaban J connectivity index is 2.36. The van der Waals surface area contributed by atoms with E-state index in [-0.39, 0.29) is 24.5 Å². The Bertz CT molecular complexity index is 421. The van der Waals surface area contributed by atoms with Gasteiger partial charge in [-0.3, -0.25) is 9.78 Å². The lowest BCUT2D eigenvalue weighted by Crippen LogP contribution is -2.41. The highest BCUT2D eigenvalue weighted by molar-refractivity contribution is 5.93. The van der Waals surface area contributed by atoms with Crippen LogP contribution in [0.2, 0.25) is 0 Å². The Labute approximate surface area is 112 Å². The zero-order valence-electron chi connectivity index (χ0n) is 11.1. The number of nitrogens with two attached hydrogens (primary N) is 1. The first-order chi connectivity index (χ1) is 9.11. The molecule has 1 amide bonds. The van der Waals surface area contributed by atoms with Gasteiger partial charge in [-0.15, -0.1) is 0 Å². The van der Waals surface area contributed by atoms with Crippen LogP contribution in [0.15, 0.2) is 29.5 Å².